The Morgan fingerprint density at radius 2 is 1.69 bits per heavy atom. The van der Waals surface area contributed by atoms with Gasteiger partial charge in [0.05, 0.1) is 17.2 Å². The summed E-state index contributed by atoms with van der Waals surface area (Å²) < 4.78 is 0. The number of Topliss-reactive ketones (excluding diaryl/α,β-unsaturated/α-hetero) is 1. The van der Waals surface area contributed by atoms with Gasteiger partial charge in [-0.3, -0.25) is 14.5 Å². The Bertz CT molecular complexity index is 1060. The Hall–Kier alpha value is -3.41. The van der Waals surface area contributed by atoms with E-state index >= 15 is 0 Å². The maximum Gasteiger partial charge on any atom is 0.335 e. The lowest BCUT2D eigenvalue weighted by molar-refractivity contribution is -0.118. The van der Waals surface area contributed by atoms with Crippen molar-refractivity contribution in [2.75, 3.05) is 4.90 Å². The van der Waals surface area contributed by atoms with Crippen LogP contribution in [0.25, 0.3) is 0 Å². The zero-order valence-corrected chi connectivity index (χ0v) is 16.2. The van der Waals surface area contributed by atoms with Gasteiger partial charge in [0.25, 0.3) is 5.91 Å². The second-order valence-corrected chi connectivity index (χ2v) is 7.69. The molecule has 6 nitrogen and oxygen atoms in total. The molecule has 4 rings (SSSR count). The lowest BCUT2D eigenvalue weighted by Crippen LogP contribution is -2.31. The molecule has 2 N–H and O–H groups in total. The van der Waals surface area contributed by atoms with Gasteiger partial charge in [-0.15, -0.1) is 0 Å². The van der Waals surface area contributed by atoms with E-state index in [9.17, 15) is 19.5 Å². The number of carbonyl (C=O) groups is 3. The van der Waals surface area contributed by atoms with Gasteiger partial charge in [-0.25, -0.2) is 4.79 Å². The van der Waals surface area contributed by atoms with Crippen molar-refractivity contribution in [3.05, 3.63) is 76.1 Å². The molecule has 2 aromatic carbocycles. The second-order valence-electron chi connectivity index (χ2n) is 7.69. The minimum absolute atomic E-state index is 0.0925. The topological polar surface area (TPSA) is 94.9 Å². The van der Waals surface area contributed by atoms with Crippen molar-refractivity contribution in [3.8, 4) is 0 Å². The maximum atomic E-state index is 13.0. The van der Waals surface area contributed by atoms with Crippen LogP contribution in [0.4, 0.5) is 5.69 Å². The summed E-state index contributed by atoms with van der Waals surface area (Å²) in [4.78, 5) is 38.5. The van der Waals surface area contributed by atoms with Gasteiger partial charge in [0, 0.05) is 11.6 Å². The molecule has 1 heterocycles. The SMILES string of the molecule is Cc1ccc([C@@H]2C(C(=O)C3CC3)=C(O)C(=O)N2c2ccc(C(=O)O)cc2)c(C)c1. The summed E-state index contributed by atoms with van der Waals surface area (Å²) in [5.74, 6) is -2.58. The van der Waals surface area contributed by atoms with Crippen molar-refractivity contribution in [1.82, 2.24) is 0 Å². The molecule has 6 heteroatoms. The number of aliphatic hydroxyl groups excluding tert-OH is 1. The highest BCUT2D eigenvalue weighted by Gasteiger charge is 2.48. The monoisotopic (exact) mass is 391 g/mol. The first kappa shape index (κ1) is 18.9. The Balaban J connectivity index is 1.86. The fourth-order valence-corrected chi connectivity index (χ4v) is 3.88. The Labute approximate surface area is 168 Å². The van der Waals surface area contributed by atoms with Crippen molar-refractivity contribution >= 4 is 23.3 Å². The first-order chi connectivity index (χ1) is 13.8. The number of carboxylic acid groups (broad SMARTS) is 1. The molecule has 0 saturated heterocycles. The third-order valence-corrected chi connectivity index (χ3v) is 5.53. The molecule has 0 radical (unpaired) electrons. The van der Waals surface area contributed by atoms with Crippen LogP contribution < -0.4 is 4.90 Å². The number of hydrogen-bond acceptors (Lipinski definition) is 4. The largest absolute Gasteiger partial charge is 0.503 e. The third-order valence-electron chi connectivity index (χ3n) is 5.53. The summed E-state index contributed by atoms with van der Waals surface area (Å²) in [5, 5.41) is 19.8. The molecule has 0 unspecified atom stereocenters. The zero-order chi connectivity index (χ0) is 20.9. The van der Waals surface area contributed by atoms with E-state index < -0.39 is 23.7 Å². The number of anilines is 1. The molecule has 1 atom stereocenters. The molecule has 0 spiro atoms. The lowest BCUT2D eigenvalue weighted by atomic mass is 9.90. The highest BCUT2D eigenvalue weighted by Crippen LogP contribution is 2.45. The number of nitrogens with zero attached hydrogens (tertiary/aromatic N) is 1. The average molecular weight is 391 g/mol. The van der Waals surface area contributed by atoms with Crippen LogP contribution in [0.1, 0.15) is 45.9 Å². The van der Waals surface area contributed by atoms with Crippen LogP contribution in [0.2, 0.25) is 0 Å². The minimum atomic E-state index is -1.07. The first-order valence-corrected chi connectivity index (χ1v) is 9.51. The van der Waals surface area contributed by atoms with Crippen LogP contribution in [0, 0.1) is 19.8 Å². The average Bonchev–Trinajstić information content (AvgIpc) is 3.49. The molecular weight excluding hydrogens is 370 g/mol. The van der Waals surface area contributed by atoms with Gasteiger partial charge >= 0.3 is 5.97 Å². The fourth-order valence-electron chi connectivity index (χ4n) is 3.88. The Morgan fingerprint density at radius 1 is 1.03 bits per heavy atom. The number of rotatable bonds is 5. The summed E-state index contributed by atoms with van der Waals surface area (Å²) in [5.41, 5.74) is 3.37. The number of ketones is 1. The van der Waals surface area contributed by atoms with E-state index in [0.717, 1.165) is 29.5 Å². The van der Waals surface area contributed by atoms with Gasteiger partial charge in [0.2, 0.25) is 0 Å². The van der Waals surface area contributed by atoms with E-state index in [1.54, 1.807) is 0 Å². The summed E-state index contributed by atoms with van der Waals surface area (Å²) in [7, 11) is 0. The van der Waals surface area contributed by atoms with Crippen LogP contribution in [0.5, 0.6) is 0 Å². The van der Waals surface area contributed by atoms with Crippen LogP contribution >= 0.6 is 0 Å². The molecule has 0 bridgehead atoms. The molecular formula is C23H21NO5. The molecule has 2 aromatic rings. The van der Waals surface area contributed by atoms with Gasteiger partial charge < -0.3 is 10.2 Å². The van der Waals surface area contributed by atoms with E-state index in [4.69, 9.17) is 5.11 Å². The van der Waals surface area contributed by atoms with Gasteiger partial charge in [0.1, 0.15) is 0 Å². The predicted octanol–water partition coefficient (Wildman–Crippen LogP) is 3.88. The van der Waals surface area contributed by atoms with Crippen molar-refractivity contribution in [1.29, 1.82) is 0 Å². The van der Waals surface area contributed by atoms with Crippen LogP contribution in [-0.2, 0) is 9.59 Å². The number of amides is 1. The smallest absolute Gasteiger partial charge is 0.335 e. The number of aliphatic hydroxyl groups is 1. The predicted molar refractivity (Wildman–Crippen MR) is 107 cm³/mol. The van der Waals surface area contributed by atoms with E-state index in [1.165, 1.54) is 29.2 Å². The molecule has 1 saturated carbocycles. The third kappa shape index (κ3) is 3.20. The normalized spacial score (nSPS) is 19.0. The number of aryl methyl sites for hydroxylation is 2. The van der Waals surface area contributed by atoms with Gasteiger partial charge in [0.15, 0.2) is 11.5 Å². The molecule has 1 fully saturated rings. The van der Waals surface area contributed by atoms with Gasteiger partial charge in [-0.1, -0.05) is 23.8 Å². The maximum absolute atomic E-state index is 13.0. The minimum Gasteiger partial charge on any atom is -0.503 e. The Kier molecular flexibility index (Phi) is 4.49. The van der Waals surface area contributed by atoms with E-state index in [-0.39, 0.29) is 22.8 Å². The molecule has 2 aliphatic rings. The number of carboxylic acids is 1. The van der Waals surface area contributed by atoms with E-state index in [0.29, 0.717) is 5.69 Å². The highest BCUT2D eigenvalue weighted by atomic mass is 16.4. The molecule has 148 valence electrons. The molecule has 1 aliphatic heterocycles. The zero-order valence-electron chi connectivity index (χ0n) is 16.2. The van der Waals surface area contributed by atoms with Gasteiger partial charge in [-0.05, 0) is 62.1 Å². The Morgan fingerprint density at radius 3 is 2.24 bits per heavy atom. The summed E-state index contributed by atoms with van der Waals surface area (Å²) >= 11 is 0. The molecule has 1 aliphatic carbocycles. The van der Waals surface area contributed by atoms with Crippen LogP contribution in [0.15, 0.2) is 53.8 Å². The molecule has 0 aromatic heterocycles. The lowest BCUT2D eigenvalue weighted by Gasteiger charge is -2.28. The summed E-state index contributed by atoms with van der Waals surface area (Å²) in [6.07, 6.45) is 1.52. The van der Waals surface area contributed by atoms with Crippen LogP contribution in [0.3, 0.4) is 0 Å². The van der Waals surface area contributed by atoms with E-state index in [2.05, 4.69) is 0 Å². The quantitative estimate of drug-likeness (QED) is 0.807. The number of hydrogen-bond donors (Lipinski definition) is 2. The van der Waals surface area contributed by atoms with E-state index in [1.807, 2.05) is 32.0 Å². The standard InChI is InChI=1S/C23H21NO5/c1-12-3-10-17(13(2)11-12)19-18(20(25)14-4-5-14)21(26)22(27)24(19)16-8-6-15(7-9-16)23(28)29/h3,6-11,14,19,26H,4-5H2,1-2H3,(H,28,29)/t19-/m1/s1. The second kappa shape index (κ2) is 6.88. The number of benzene rings is 2. The van der Waals surface area contributed by atoms with Crippen molar-refractivity contribution in [2.45, 2.75) is 32.7 Å². The first-order valence-electron chi connectivity index (χ1n) is 9.51. The van der Waals surface area contributed by atoms with Crippen LogP contribution in [-0.4, -0.2) is 27.9 Å². The van der Waals surface area contributed by atoms with Crippen molar-refractivity contribution < 1.29 is 24.6 Å². The molecule has 1 amide bonds. The summed E-state index contributed by atoms with van der Waals surface area (Å²) in [6, 6.07) is 10.9. The fraction of sp³-hybridized carbons (Fsp3) is 0.261. The number of carbonyl (C=O) groups excluding carboxylic acids is 2. The van der Waals surface area contributed by atoms with Gasteiger partial charge in [-0.2, -0.15) is 0 Å². The highest BCUT2D eigenvalue weighted by molar-refractivity contribution is 6.17. The van der Waals surface area contributed by atoms with Crippen molar-refractivity contribution in [3.63, 3.8) is 0 Å². The van der Waals surface area contributed by atoms with Crippen molar-refractivity contribution in [2.24, 2.45) is 5.92 Å². The molecule has 29 heavy (non-hydrogen) atoms. The number of aromatic carboxylic acids is 1. The summed E-state index contributed by atoms with van der Waals surface area (Å²) in [6.45, 7) is 3.87.